The maximum atomic E-state index is 5.36. The summed E-state index contributed by atoms with van der Waals surface area (Å²) in [4.78, 5) is 12.7. The Bertz CT molecular complexity index is 1620. The van der Waals surface area contributed by atoms with Crippen LogP contribution < -0.4 is 4.74 Å². The van der Waals surface area contributed by atoms with Crippen molar-refractivity contribution in [3.8, 4) is 41.0 Å². The zero-order valence-corrected chi connectivity index (χ0v) is 26.1. The van der Waals surface area contributed by atoms with E-state index in [2.05, 4.69) is 37.1 Å². The maximum Gasteiger partial charge on any atom is 1.00 e. The number of aromatic nitrogens is 7. The summed E-state index contributed by atoms with van der Waals surface area (Å²) in [5.41, 5.74) is 5.35. The SMILES string of the molecule is C#CCOc1ccnc(-c2[c-]ccc(C)c2)c1.Cc1ccnc(-n2cccn2)c1.Cc1ccnc(-n2cccn2)c1.[Os+]. The fourth-order valence-electron chi connectivity index (χ4n) is 3.60. The second-order valence-corrected chi connectivity index (χ2v) is 8.93. The molecule has 0 aliphatic rings. The van der Waals surface area contributed by atoms with E-state index in [1.165, 1.54) is 16.7 Å². The molecule has 0 atom stereocenters. The Morgan fingerprint density at radius 3 is 1.81 bits per heavy atom. The van der Waals surface area contributed by atoms with E-state index in [4.69, 9.17) is 11.2 Å². The molecule has 6 aromatic rings. The molecule has 8 nitrogen and oxygen atoms in total. The average Bonchev–Trinajstić information content (AvgIpc) is 3.73. The molecular formula is C33H30N7OOs. The van der Waals surface area contributed by atoms with Crippen LogP contribution in [0.5, 0.6) is 5.75 Å². The topological polar surface area (TPSA) is 83.5 Å². The number of terminal acetylenes is 1. The number of pyridine rings is 3. The van der Waals surface area contributed by atoms with E-state index in [9.17, 15) is 0 Å². The van der Waals surface area contributed by atoms with Crippen LogP contribution in [-0.4, -0.2) is 41.1 Å². The molecule has 0 N–H and O–H groups in total. The minimum Gasteiger partial charge on any atom is -0.482 e. The summed E-state index contributed by atoms with van der Waals surface area (Å²) in [6.07, 6.45) is 17.7. The summed E-state index contributed by atoms with van der Waals surface area (Å²) in [6, 6.07) is 24.4. The predicted molar refractivity (Wildman–Crippen MR) is 160 cm³/mol. The molecule has 6 rings (SSSR count). The summed E-state index contributed by atoms with van der Waals surface area (Å²) in [5.74, 6) is 4.88. The molecule has 0 aliphatic carbocycles. The van der Waals surface area contributed by atoms with E-state index < -0.39 is 0 Å². The van der Waals surface area contributed by atoms with Gasteiger partial charge >= 0.3 is 19.8 Å². The summed E-state index contributed by atoms with van der Waals surface area (Å²) in [5, 5.41) is 8.16. The quantitative estimate of drug-likeness (QED) is 0.160. The third-order valence-electron chi connectivity index (χ3n) is 5.57. The number of hydrogen-bond acceptors (Lipinski definition) is 6. The zero-order valence-electron chi connectivity index (χ0n) is 23.6. The van der Waals surface area contributed by atoms with Crippen molar-refractivity contribution in [1.29, 1.82) is 0 Å². The molecule has 0 amide bonds. The predicted octanol–water partition coefficient (Wildman–Crippen LogP) is 6.02. The van der Waals surface area contributed by atoms with Gasteiger partial charge < -0.3 is 9.72 Å². The molecule has 0 unspecified atom stereocenters. The second-order valence-electron chi connectivity index (χ2n) is 8.93. The molecule has 0 spiro atoms. The first-order valence-corrected chi connectivity index (χ1v) is 12.9. The van der Waals surface area contributed by atoms with Gasteiger partial charge in [-0.05, 0) is 79.2 Å². The van der Waals surface area contributed by atoms with Crippen molar-refractivity contribution in [2.45, 2.75) is 20.8 Å². The minimum absolute atomic E-state index is 0. The van der Waals surface area contributed by atoms with Crippen LogP contribution in [0.3, 0.4) is 0 Å². The molecule has 0 bridgehead atoms. The first-order valence-electron chi connectivity index (χ1n) is 12.9. The first-order chi connectivity index (χ1) is 20.0. The Morgan fingerprint density at radius 2 is 1.31 bits per heavy atom. The number of aryl methyl sites for hydroxylation is 3. The first kappa shape index (κ1) is 31.6. The van der Waals surface area contributed by atoms with Crippen LogP contribution in [0.25, 0.3) is 22.9 Å². The van der Waals surface area contributed by atoms with Gasteiger partial charge in [-0.15, -0.1) is 41.8 Å². The third-order valence-corrected chi connectivity index (χ3v) is 5.57. The molecule has 0 fully saturated rings. The Kier molecular flexibility index (Phi) is 12.3. The molecule has 5 aromatic heterocycles. The van der Waals surface area contributed by atoms with E-state index in [0.29, 0.717) is 0 Å². The van der Waals surface area contributed by atoms with Gasteiger partial charge in [0, 0.05) is 43.4 Å². The van der Waals surface area contributed by atoms with E-state index in [-0.39, 0.29) is 26.4 Å². The van der Waals surface area contributed by atoms with E-state index >= 15 is 0 Å². The third kappa shape index (κ3) is 9.62. The van der Waals surface area contributed by atoms with Gasteiger partial charge in [-0.3, -0.25) is 0 Å². The van der Waals surface area contributed by atoms with Gasteiger partial charge in [-0.2, -0.15) is 10.2 Å². The monoisotopic (exact) mass is 732 g/mol. The number of benzene rings is 1. The fourth-order valence-corrected chi connectivity index (χ4v) is 3.60. The van der Waals surface area contributed by atoms with Crippen molar-refractivity contribution in [2.75, 3.05) is 6.61 Å². The molecular weight excluding hydrogens is 701 g/mol. The van der Waals surface area contributed by atoms with Gasteiger partial charge in [-0.25, -0.2) is 19.3 Å². The molecule has 1 radical (unpaired) electrons. The van der Waals surface area contributed by atoms with Crippen LogP contribution in [-0.2, 0) is 19.8 Å². The Morgan fingerprint density at radius 1 is 0.738 bits per heavy atom. The average molecular weight is 731 g/mol. The van der Waals surface area contributed by atoms with Gasteiger partial charge in [0.1, 0.15) is 12.4 Å². The maximum absolute atomic E-state index is 5.36. The van der Waals surface area contributed by atoms with Gasteiger partial charge in [-0.1, -0.05) is 12.8 Å². The molecule has 42 heavy (non-hydrogen) atoms. The number of ether oxygens (including phenoxy) is 1. The van der Waals surface area contributed by atoms with Crippen LogP contribution in [0.2, 0.25) is 0 Å². The smallest absolute Gasteiger partial charge is 0.482 e. The zero-order chi connectivity index (χ0) is 28.9. The summed E-state index contributed by atoms with van der Waals surface area (Å²) in [7, 11) is 0. The molecule has 5 heterocycles. The van der Waals surface area contributed by atoms with Crippen LogP contribution in [0.4, 0.5) is 0 Å². The van der Waals surface area contributed by atoms with Gasteiger partial charge in [0.15, 0.2) is 11.6 Å². The summed E-state index contributed by atoms with van der Waals surface area (Å²) in [6.45, 7) is 6.38. The molecule has 0 saturated heterocycles. The molecule has 0 saturated carbocycles. The number of rotatable bonds is 5. The van der Waals surface area contributed by atoms with Gasteiger partial charge in [0.2, 0.25) is 0 Å². The Labute approximate surface area is 259 Å². The van der Waals surface area contributed by atoms with Crippen molar-refractivity contribution in [2.24, 2.45) is 0 Å². The van der Waals surface area contributed by atoms with Gasteiger partial charge in [0.25, 0.3) is 0 Å². The standard InChI is InChI=1S/C15H12NO.2C9H9N3.Os/c1-3-9-17-14-7-8-16-15(11-14)13-6-4-5-12(2)10-13;2*1-8-3-5-10-9(7-8)12-6-2-4-11-12;/h1,4-5,7-8,10-11H,9H2,2H3;2*2-7H,1H3;/q-1;;;+1. The number of hydrogen-bond donors (Lipinski definition) is 0. The van der Waals surface area contributed by atoms with Crippen molar-refractivity contribution in [3.05, 3.63) is 133 Å². The van der Waals surface area contributed by atoms with Gasteiger partial charge in [0.05, 0.1) is 0 Å². The summed E-state index contributed by atoms with van der Waals surface area (Å²) < 4.78 is 8.84. The molecule has 0 aliphatic heterocycles. The molecule has 1 aromatic carbocycles. The Hall–Kier alpha value is -4.91. The fraction of sp³-hybridized carbons (Fsp3) is 0.121. The van der Waals surface area contributed by atoms with E-state index in [1.54, 1.807) is 46.4 Å². The van der Waals surface area contributed by atoms with E-state index in [0.717, 1.165) is 28.6 Å². The van der Waals surface area contributed by atoms with E-state index in [1.807, 2.05) is 93.8 Å². The molecule has 211 valence electrons. The van der Waals surface area contributed by atoms with Crippen molar-refractivity contribution in [3.63, 3.8) is 0 Å². The van der Waals surface area contributed by atoms with Crippen LogP contribution >= 0.6 is 0 Å². The van der Waals surface area contributed by atoms with Crippen LogP contribution in [0.1, 0.15) is 16.7 Å². The van der Waals surface area contributed by atoms with Crippen molar-refractivity contribution < 1.29 is 24.5 Å². The number of nitrogens with zero attached hydrogens (tertiary/aromatic N) is 7. The second kappa shape index (κ2) is 16.4. The minimum atomic E-state index is 0. The Balaban J connectivity index is 0.000000175. The normalized spacial score (nSPS) is 9.67. The van der Waals surface area contributed by atoms with Crippen molar-refractivity contribution >= 4 is 0 Å². The largest absolute Gasteiger partial charge is 1.00 e. The van der Waals surface area contributed by atoms with Crippen LogP contribution in [0.15, 0.2) is 110 Å². The molecule has 9 heteroatoms. The summed E-state index contributed by atoms with van der Waals surface area (Å²) >= 11 is 0. The van der Waals surface area contributed by atoms with Crippen molar-refractivity contribution in [1.82, 2.24) is 34.5 Å². The van der Waals surface area contributed by atoms with Crippen LogP contribution in [0, 0.1) is 39.2 Å².